The Labute approximate surface area is 226 Å². The average molecular weight is 562 g/mol. The van der Waals surface area contributed by atoms with Gasteiger partial charge in [-0.25, -0.2) is 14.4 Å². The largest absolute Gasteiger partial charge is 0.481 e. The fourth-order valence-electron chi connectivity index (χ4n) is 5.84. The number of aromatic amines is 1. The van der Waals surface area contributed by atoms with Gasteiger partial charge in [0, 0.05) is 42.4 Å². The molecule has 2 amide bonds. The number of aryl methyl sites for hydroxylation is 1. The molecule has 2 atom stereocenters. The van der Waals surface area contributed by atoms with Crippen LogP contribution in [0, 0.1) is 11.7 Å². The maximum atomic E-state index is 14.4. The van der Waals surface area contributed by atoms with Gasteiger partial charge in [-0.2, -0.15) is 18.3 Å². The van der Waals surface area contributed by atoms with Gasteiger partial charge < -0.3 is 19.5 Å². The first-order valence-corrected chi connectivity index (χ1v) is 13.1. The molecule has 1 unspecified atom stereocenters. The fourth-order valence-corrected chi connectivity index (χ4v) is 5.84. The van der Waals surface area contributed by atoms with Gasteiger partial charge in [-0.05, 0) is 44.6 Å². The number of alkyl halides is 3. The maximum absolute atomic E-state index is 14.4. The molecule has 212 valence electrons. The van der Waals surface area contributed by atoms with Crippen LogP contribution in [0.1, 0.15) is 66.6 Å². The number of pyridine rings is 1. The van der Waals surface area contributed by atoms with Crippen molar-refractivity contribution in [3.63, 3.8) is 0 Å². The minimum absolute atomic E-state index is 0.143. The van der Waals surface area contributed by atoms with E-state index in [-0.39, 0.29) is 46.4 Å². The van der Waals surface area contributed by atoms with Gasteiger partial charge in [0.05, 0.1) is 25.0 Å². The van der Waals surface area contributed by atoms with Crippen molar-refractivity contribution in [1.82, 2.24) is 34.9 Å². The number of hydrogen-bond donors (Lipinski definition) is 2. The minimum Gasteiger partial charge on any atom is -0.481 e. The van der Waals surface area contributed by atoms with Gasteiger partial charge in [0.15, 0.2) is 11.5 Å². The Morgan fingerprint density at radius 1 is 1.20 bits per heavy atom. The number of carbonyl (C=O) groups excluding carboxylic acids is 2. The van der Waals surface area contributed by atoms with Crippen molar-refractivity contribution in [3.8, 4) is 17.1 Å². The molecule has 0 aromatic carbocycles. The first-order valence-electron chi connectivity index (χ1n) is 13.1. The van der Waals surface area contributed by atoms with E-state index in [9.17, 15) is 27.2 Å². The monoisotopic (exact) mass is 561 g/mol. The molecule has 2 fully saturated rings. The Balaban J connectivity index is 1.13. The number of piperidine rings is 1. The number of rotatable bonds is 5. The SMILES string of the molecule is COc1cc(-c2cc(C(=O)N3CC[C@H](C(=O)NC4CCCn5cc(C(F)(F)F)nc54)CC34CC4)[nH]n2)c(F)cn1. The molecule has 6 rings (SSSR count). The van der Waals surface area contributed by atoms with Crippen LogP contribution < -0.4 is 10.1 Å². The van der Waals surface area contributed by atoms with Crippen molar-refractivity contribution in [3.05, 3.63) is 47.6 Å². The average Bonchev–Trinajstić information content (AvgIpc) is 3.31. The summed E-state index contributed by atoms with van der Waals surface area (Å²) in [6.07, 6.45) is 0.949. The molecule has 1 saturated carbocycles. The molecule has 1 aliphatic carbocycles. The number of likely N-dealkylation sites (tertiary alicyclic amines) is 1. The van der Waals surface area contributed by atoms with Gasteiger partial charge in [-0.3, -0.25) is 14.7 Å². The number of H-pyrrole nitrogens is 1. The molecule has 3 aromatic heterocycles. The Morgan fingerprint density at radius 3 is 2.73 bits per heavy atom. The van der Waals surface area contributed by atoms with Crippen molar-refractivity contribution >= 4 is 11.8 Å². The summed E-state index contributed by atoms with van der Waals surface area (Å²) in [5.74, 6) is -1.08. The third-order valence-corrected chi connectivity index (χ3v) is 8.08. The molecule has 40 heavy (non-hydrogen) atoms. The lowest BCUT2D eigenvalue weighted by Crippen LogP contribution is -2.51. The minimum atomic E-state index is -4.55. The predicted molar refractivity (Wildman–Crippen MR) is 131 cm³/mol. The summed E-state index contributed by atoms with van der Waals surface area (Å²) < 4.78 is 60.4. The topological polar surface area (TPSA) is 118 Å². The van der Waals surface area contributed by atoms with Crippen LogP contribution >= 0.6 is 0 Å². The summed E-state index contributed by atoms with van der Waals surface area (Å²) in [7, 11) is 1.41. The number of methoxy groups -OCH3 is 1. The Hall–Kier alpha value is -3.97. The van der Waals surface area contributed by atoms with Crippen LogP contribution in [0.3, 0.4) is 0 Å². The van der Waals surface area contributed by atoms with Crippen LogP contribution in [0.5, 0.6) is 5.88 Å². The number of imidazole rings is 1. The van der Waals surface area contributed by atoms with Crippen LogP contribution in [-0.4, -0.2) is 60.6 Å². The quantitative estimate of drug-likeness (QED) is 0.457. The molecular formula is C26H27F4N7O3. The zero-order valence-corrected chi connectivity index (χ0v) is 21.6. The normalized spacial score (nSPS) is 21.7. The second-order valence-corrected chi connectivity index (χ2v) is 10.6. The van der Waals surface area contributed by atoms with E-state index < -0.39 is 29.3 Å². The second-order valence-electron chi connectivity index (χ2n) is 10.6. The van der Waals surface area contributed by atoms with E-state index in [1.54, 1.807) is 4.90 Å². The van der Waals surface area contributed by atoms with Crippen molar-refractivity contribution in [1.29, 1.82) is 0 Å². The van der Waals surface area contributed by atoms with E-state index in [2.05, 4.69) is 25.5 Å². The maximum Gasteiger partial charge on any atom is 0.434 e. The van der Waals surface area contributed by atoms with Gasteiger partial charge >= 0.3 is 6.18 Å². The van der Waals surface area contributed by atoms with E-state index in [0.29, 0.717) is 38.8 Å². The van der Waals surface area contributed by atoms with Crippen LogP contribution in [0.4, 0.5) is 17.6 Å². The Bertz CT molecular complexity index is 1460. The number of amides is 2. The molecule has 2 aliphatic heterocycles. The Morgan fingerprint density at radius 2 is 2.00 bits per heavy atom. The molecule has 14 heteroatoms. The lowest BCUT2D eigenvalue weighted by molar-refractivity contribution is -0.141. The predicted octanol–water partition coefficient (Wildman–Crippen LogP) is 3.87. The van der Waals surface area contributed by atoms with Gasteiger partial charge in [-0.1, -0.05) is 0 Å². The highest BCUT2D eigenvalue weighted by Crippen LogP contribution is 2.50. The molecule has 2 N–H and O–H groups in total. The highest BCUT2D eigenvalue weighted by Gasteiger charge is 2.55. The number of fused-ring (bicyclic) bond motifs is 1. The van der Waals surface area contributed by atoms with Gasteiger partial charge in [-0.15, -0.1) is 0 Å². The summed E-state index contributed by atoms with van der Waals surface area (Å²) in [6, 6.07) is 2.28. The van der Waals surface area contributed by atoms with Crippen molar-refractivity contribution < 1.29 is 31.9 Å². The van der Waals surface area contributed by atoms with Gasteiger partial charge in [0.1, 0.15) is 11.5 Å². The standard InChI is InChI=1S/C26H27F4N7O3/c1-40-21-9-15(16(27)12-31-21)18-10-19(35-34-18)24(39)37-8-4-14(11-25(37)5-6-25)23(38)32-17-3-2-7-36-13-20(26(28,29)30)33-22(17)36/h9-10,12-14,17H,2-8,11H2,1H3,(H,32,38)(H,34,35)/t14-,17?/m0/s1. The Kier molecular flexibility index (Phi) is 6.30. The van der Waals surface area contributed by atoms with Crippen molar-refractivity contribution in [2.24, 2.45) is 5.92 Å². The van der Waals surface area contributed by atoms with Crippen LogP contribution in [0.2, 0.25) is 0 Å². The summed E-state index contributed by atoms with van der Waals surface area (Å²) >= 11 is 0. The fraction of sp³-hybridized carbons (Fsp3) is 0.500. The number of halogens is 4. The number of hydrogen-bond acceptors (Lipinski definition) is 6. The molecule has 5 heterocycles. The van der Waals surface area contributed by atoms with Gasteiger partial charge in [0.25, 0.3) is 5.91 Å². The molecule has 1 saturated heterocycles. The zero-order chi connectivity index (χ0) is 28.2. The first kappa shape index (κ1) is 26.3. The molecule has 0 radical (unpaired) electrons. The summed E-state index contributed by atoms with van der Waals surface area (Å²) in [4.78, 5) is 36.0. The van der Waals surface area contributed by atoms with E-state index in [1.807, 2.05) is 0 Å². The molecule has 3 aromatic rings. The smallest absolute Gasteiger partial charge is 0.434 e. The highest BCUT2D eigenvalue weighted by atomic mass is 19.4. The zero-order valence-electron chi connectivity index (χ0n) is 21.6. The summed E-state index contributed by atoms with van der Waals surface area (Å²) in [6.45, 7) is 0.755. The van der Waals surface area contributed by atoms with Crippen molar-refractivity contribution in [2.45, 2.75) is 62.8 Å². The van der Waals surface area contributed by atoms with Crippen LogP contribution in [-0.2, 0) is 17.5 Å². The molecular weight excluding hydrogens is 534 g/mol. The molecule has 10 nitrogen and oxygen atoms in total. The molecule has 1 spiro atoms. The first-order chi connectivity index (χ1) is 19.1. The van der Waals surface area contributed by atoms with E-state index in [1.165, 1.54) is 23.8 Å². The van der Waals surface area contributed by atoms with E-state index in [4.69, 9.17) is 4.74 Å². The number of ether oxygens (including phenoxy) is 1. The summed E-state index contributed by atoms with van der Waals surface area (Å²) in [5, 5.41) is 9.74. The van der Waals surface area contributed by atoms with Crippen LogP contribution in [0.15, 0.2) is 24.5 Å². The third-order valence-electron chi connectivity index (χ3n) is 8.08. The number of carbonyl (C=O) groups is 2. The van der Waals surface area contributed by atoms with E-state index >= 15 is 0 Å². The highest BCUT2D eigenvalue weighted by molar-refractivity contribution is 5.94. The van der Waals surface area contributed by atoms with E-state index in [0.717, 1.165) is 25.2 Å². The van der Waals surface area contributed by atoms with Gasteiger partial charge in [0.2, 0.25) is 11.8 Å². The number of aromatic nitrogens is 5. The molecule has 3 aliphatic rings. The molecule has 0 bridgehead atoms. The summed E-state index contributed by atoms with van der Waals surface area (Å²) in [5.41, 5.74) is -0.846. The number of nitrogens with zero attached hydrogens (tertiary/aromatic N) is 5. The lowest BCUT2D eigenvalue weighted by Gasteiger charge is -2.40. The van der Waals surface area contributed by atoms with Crippen LogP contribution in [0.25, 0.3) is 11.3 Å². The number of nitrogens with one attached hydrogen (secondary N) is 2. The second kappa shape index (κ2) is 9.59. The lowest BCUT2D eigenvalue weighted by atomic mass is 9.87. The van der Waals surface area contributed by atoms with Crippen molar-refractivity contribution in [2.75, 3.05) is 13.7 Å². The third kappa shape index (κ3) is 4.68.